The number of nitrogens with zero attached hydrogens (tertiary/aromatic N) is 2. The first-order valence-electron chi connectivity index (χ1n) is 6.65. The van der Waals surface area contributed by atoms with Gasteiger partial charge in [0.1, 0.15) is 5.82 Å². The van der Waals surface area contributed by atoms with Crippen LogP contribution in [0.1, 0.15) is 11.4 Å². The van der Waals surface area contributed by atoms with Crippen LogP contribution in [0.2, 0.25) is 0 Å². The van der Waals surface area contributed by atoms with E-state index >= 15 is 0 Å². The van der Waals surface area contributed by atoms with Gasteiger partial charge in [-0.3, -0.25) is 0 Å². The van der Waals surface area contributed by atoms with Crippen LogP contribution >= 0.6 is 0 Å². The van der Waals surface area contributed by atoms with Gasteiger partial charge in [-0.05, 0) is 18.9 Å². The summed E-state index contributed by atoms with van der Waals surface area (Å²) < 4.78 is 2.10. The second-order valence-electron chi connectivity index (χ2n) is 4.69. The first kappa shape index (κ1) is 13.8. The molecule has 0 radical (unpaired) electrons. The second-order valence-corrected chi connectivity index (χ2v) is 4.69. The SMILES string of the molecule is Cc1nccn1CCNC(CO)Cc1ccccc1. The molecule has 1 atom stereocenters. The van der Waals surface area contributed by atoms with E-state index < -0.39 is 0 Å². The minimum Gasteiger partial charge on any atom is -0.395 e. The lowest BCUT2D eigenvalue weighted by atomic mass is 10.1. The highest BCUT2D eigenvalue weighted by atomic mass is 16.3. The molecule has 1 aromatic carbocycles. The van der Waals surface area contributed by atoms with Crippen LogP contribution in [0.4, 0.5) is 0 Å². The zero-order valence-corrected chi connectivity index (χ0v) is 11.3. The highest BCUT2D eigenvalue weighted by Crippen LogP contribution is 2.03. The van der Waals surface area contributed by atoms with E-state index in [9.17, 15) is 5.11 Å². The number of rotatable bonds is 7. The molecule has 0 saturated heterocycles. The molecule has 1 aromatic heterocycles. The Morgan fingerprint density at radius 3 is 2.74 bits per heavy atom. The quantitative estimate of drug-likeness (QED) is 0.790. The number of aryl methyl sites for hydroxylation is 1. The number of benzene rings is 1. The van der Waals surface area contributed by atoms with Gasteiger partial charge >= 0.3 is 0 Å². The normalized spacial score (nSPS) is 12.5. The summed E-state index contributed by atoms with van der Waals surface area (Å²) in [6, 6.07) is 10.3. The molecular formula is C15H21N3O. The standard InChI is InChI=1S/C15H21N3O/c1-13-16-7-9-18(13)10-8-17-15(12-19)11-14-5-3-2-4-6-14/h2-7,9,15,17,19H,8,10-12H2,1H3. The fourth-order valence-corrected chi connectivity index (χ4v) is 2.13. The first-order valence-corrected chi connectivity index (χ1v) is 6.65. The Hall–Kier alpha value is -1.65. The van der Waals surface area contributed by atoms with Crippen LogP contribution in [0.25, 0.3) is 0 Å². The van der Waals surface area contributed by atoms with E-state index in [1.165, 1.54) is 5.56 Å². The summed E-state index contributed by atoms with van der Waals surface area (Å²) in [5.41, 5.74) is 1.24. The molecule has 0 saturated carbocycles. The molecule has 0 amide bonds. The number of hydrogen-bond acceptors (Lipinski definition) is 3. The minimum absolute atomic E-state index is 0.103. The van der Waals surface area contributed by atoms with Crippen molar-refractivity contribution in [3.8, 4) is 0 Å². The first-order chi connectivity index (χ1) is 9.29. The van der Waals surface area contributed by atoms with Gasteiger partial charge in [0.05, 0.1) is 6.61 Å². The summed E-state index contributed by atoms with van der Waals surface area (Å²) in [6.07, 6.45) is 4.63. The third-order valence-electron chi connectivity index (χ3n) is 3.25. The van der Waals surface area contributed by atoms with Crippen molar-refractivity contribution in [2.24, 2.45) is 0 Å². The zero-order valence-electron chi connectivity index (χ0n) is 11.3. The molecule has 102 valence electrons. The maximum atomic E-state index is 9.42. The van der Waals surface area contributed by atoms with Crippen molar-refractivity contribution in [2.75, 3.05) is 13.2 Å². The number of hydrogen-bond donors (Lipinski definition) is 2. The molecule has 2 N–H and O–H groups in total. The topological polar surface area (TPSA) is 50.1 Å². The van der Waals surface area contributed by atoms with E-state index in [2.05, 4.69) is 27.0 Å². The fraction of sp³-hybridized carbons (Fsp3) is 0.400. The van der Waals surface area contributed by atoms with Gasteiger partial charge < -0.3 is 15.0 Å². The Morgan fingerprint density at radius 2 is 2.11 bits per heavy atom. The average molecular weight is 259 g/mol. The molecule has 0 aliphatic carbocycles. The highest BCUT2D eigenvalue weighted by molar-refractivity contribution is 5.15. The van der Waals surface area contributed by atoms with Gasteiger partial charge in [0.25, 0.3) is 0 Å². The van der Waals surface area contributed by atoms with Gasteiger partial charge in [0.2, 0.25) is 0 Å². The maximum Gasteiger partial charge on any atom is 0.105 e. The molecule has 4 heteroatoms. The highest BCUT2D eigenvalue weighted by Gasteiger charge is 2.07. The average Bonchev–Trinajstić information content (AvgIpc) is 2.84. The van der Waals surface area contributed by atoms with Crippen LogP contribution in [-0.4, -0.2) is 33.9 Å². The molecule has 2 aromatic rings. The number of aromatic nitrogens is 2. The molecule has 0 aliphatic rings. The molecule has 1 heterocycles. The Morgan fingerprint density at radius 1 is 1.32 bits per heavy atom. The monoisotopic (exact) mass is 259 g/mol. The Balaban J connectivity index is 1.78. The van der Waals surface area contributed by atoms with Gasteiger partial charge in [-0.2, -0.15) is 0 Å². The predicted molar refractivity (Wildman–Crippen MR) is 76.0 cm³/mol. The molecule has 2 rings (SSSR count). The van der Waals surface area contributed by atoms with E-state index in [0.717, 1.165) is 25.3 Å². The third kappa shape index (κ3) is 4.19. The Kier molecular flexibility index (Phi) is 5.12. The van der Waals surface area contributed by atoms with Crippen LogP contribution in [0.3, 0.4) is 0 Å². The van der Waals surface area contributed by atoms with E-state index in [1.54, 1.807) is 0 Å². The second kappa shape index (κ2) is 7.07. The largest absolute Gasteiger partial charge is 0.395 e. The molecule has 19 heavy (non-hydrogen) atoms. The van der Waals surface area contributed by atoms with Gasteiger partial charge in [-0.25, -0.2) is 4.98 Å². The summed E-state index contributed by atoms with van der Waals surface area (Å²) >= 11 is 0. The fourth-order valence-electron chi connectivity index (χ4n) is 2.13. The van der Waals surface area contributed by atoms with Crippen molar-refractivity contribution in [1.29, 1.82) is 0 Å². The van der Waals surface area contributed by atoms with Crippen molar-refractivity contribution in [3.63, 3.8) is 0 Å². The van der Waals surface area contributed by atoms with E-state index in [-0.39, 0.29) is 12.6 Å². The Bertz CT molecular complexity index is 481. The van der Waals surface area contributed by atoms with E-state index in [4.69, 9.17) is 0 Å². The smallest absolute Gasteiger partial charge is 0.105 e. The number of aliphatic hydroxyl groups is 1. The van der Waals surface area contributed by atoms with Crippen molar-refractivity contribution < 1.29 is 5.11 Å². The Labute approximate surface area is 114 Å². The number of nitrogens with one attached hydrogen (secondary N) is 1. The third-order valence-corrected chi connectivity index (χ3v) is 3.25. The van der Waals surface area contributed by atoms with Crippen LogP contribution in [-0.2, 0) is 13.0 Å². The lowest BCUT2D eigenvalue weighted by molar-refractivity contribution is 0.240. The zero-order chi connectivity index (χ0) is 13.5. The van der Waals surface area contributed by atoms with Crippen LogP contribution in [0.15, 0.2) is 42.7 Å². The lowest BCUT2D eigenvalue weighted by Gasteiger charge is -2.16. The summed E-state index contributed by atoms with van der Waals surface area (Å²) in [5, 5.41) is 12.8. The van der Waals surface area contributed by atoms with E-state index in [0.29, 0.717) is 0 Å². The maximum absolute atomic E-state index is 9.42. The number of aliphatic hydroxyl groups excluding tert-OH is 1. The minimum atomic E-state index is 0.103. The predicted octanol–water partition coefficient (Wildman–Crippen LogP) is 1.38. The molecular weight excluding hydrogens is 238 g/mol. The van der Waals surface area contributed by atoms with Crippen molar-refractivity contribution in [1.82, 2.24) is 14.9 Å². The lowest BCUT2D eigenvalue weighted by Crippen LogP contribution is -2.36. The van der Waals surface area contributed by atoms with Gasteiger partial charge in [0.15, 0.2) is 0 Å². The van der Waals surface area contributed by atoms with Crippen molar-refractivity contribution in [3.05, 3.63) is 54.1 Å². The van der Waals surface area contributed by atoms with Crippen molar-refractivity contribution in [2.45, 2.75) is 25.9 Å². The molecule has 0 spiro atoms. The summed E-state index contributed by atoms with van der Waals surface area (Å²) in [4.78, 5) is 4.19. The molecule has 1 unspecified atom stereocenters. The van der Waals surface area contributed by atoms with Gasteiger partial charge in [-0.1, -0.05) is 30.3 Å². The molecule has 0 aliphatic heterocycles. The molecule has 0 bridgehead atoms. The molecule has 0 fully saturated rings. The number of imidazole rings is 1. The van der Waals surface area contributed by atoms with E-state index in [1.807, 2.05) is 37.5 Å². The van der Waals surface area contributed by atoms with Crippen LogP contribution in [0, 0.1) is 6.92 Å². The van der Waals surface area contributed by atoms with Gasteiger partial charge in [-0.15, -0.1) is 0 Å². The summed E-state index contributed by atoms with van der Waals surface area (Å²) in [5.74, 6) is 1.02. The van der Waals surface area contributed by atoms with Crippen LogP contribution < -0.4 is 5.32 Å². The summed E-state index contributed by atoms with van der Waals surface area (Å²) in [7, 11) is 0. The molecule has 4 nitrogen and oxygen atoms in total. The van der Waals surface area contributed by atoms with Gasteiger partial charge in [0, 0.05) is 31.5 Å². The van der Waals surface area contributed by atoms with Crippen molar-refractivity contribution >= 4 is 0 Å². The van der Waals surface area contributed by atoms with Crippen LogP contribution in [0.5, 0.6) is 0 Å². The summed E-state index contributed by atoms with van der Waals surface area (Å²) in [6.45, 7) is 3.84.